The second kappa shape index (κ2) is 7.11. The molecule has 0 spiro atoms. The first kappa shape index (κ1) is 16.5. The summed E-state index contributed by atoms with van der Waals surface area (Å²) in [5.74, 6) is 1.80. The molecule has 1 atom stereocenters. The van der Waals surface area contributed by atoms with Crippen LogP contribution in [0.25, 0.3) is 11.6 Å². The Morgan fingerprint density at radius 1 is 1.35 bits per heavy atom. The standard InChI is InChI=1S/C19H20N4O3/c1-12-4-2-10-20-17(12)18(13-6-7-13)21-15(24)8-9-16-22-19(23-26-16)14-5-3-11-25-14/h2-5,10-11,13,18H,6-9H2,1H3,(H,21,24)/t18-/m1/s1. The van der Waals surface area contributed by atoms with E-state index in [1.54, 1.807) is 24.6 Å². The van der Waals surface area contributed by atoms with Crippen molar-refractivity contribution in [3.63, 3.8) is 0 Å². The third-order valence-electron chi connectivity index (χ3n) is 4.53. The molecular weight excluding hydrogens is 332 g/mol. The van der Waals surface area contributed by atoms with E-state index >= 15 is 0 Å². The molecule has 1 N–H and O–H groups in total. The quantitative estimate of drug-likeness (QED) is 0.701. The molecule has 1 amide bonds. The van der Waals surface area contributed by atoms with Crippen molar-refractivity contribution in [2.24, 2.45) is 5.92 Å². The minimum atomic E-state index is -0.0373. The maximum atomic E-state index is 12.4. The van der Waals surface area contributed by atoms with Gasteiger partial charge in [0.25, 0.3) is 0 Å². The van der Waals surface area contributed by atoms with Gasteiger partial charge < -0.3 is 14.3 Å². The zero-order chi connectivity index (χ0) is 17.9. The summed E-state index contributed by atoms with van der Waals surface area (Å²) in [4.78, 5) is 21.2. The molecule has 7 nitrogen and oxygen atoms in total. The molecule has 0 radical (unpaired) electrons. The smallest absolute Gasteiger partial charge is 0.238 e. The summed E-state index contributed by atoms with van der Waals surface area (Å²) >= 11 is 0. The molecule has 26 heavy (non-hydrogen) atoms. The first-order valence-corrected chi connectivity index (χ1v) is 8.78. The highest BCUT2D eigenvalue weighted by Crippen LogP contribution is 2.41. The zero-order valence-corrected chi connectivity index (χ0v) is 14.5. The van der Waals surface area contributed by atoms with Gasteiger partial charge in [0.15, 0.2) is 5.76 Å². The van der Waals surface area contributed by atoms with E-state index < -0.39 is 0 Å². The first-order chi connectivity index (χ1) is 12.7. The molecule has 0 aliphatic heterocycles. The number of carbonyl (C=O) groups is 1. The van der Waals surface area contributed by atoms with Gasteiger partial charge in [-0.1, -0.05) is 11.2 Å². The molecule has 134 valence electrons. The largest absolute Gasteiger partial charge is 0.461 e. The van der Waals surface area contributed by atoms with Crippen molar-refractivity contribution in [1.82, 2.24) is 20.4 Å². The molecule has 1 fully saturated rings. The highest BCUT2D eigenvalue weighted by Gasteiger charge is 2.35. The lowest BCUT2D eigenvalue weighted by Gasteiger charge is -2.19. The number of aryl methyl sites for hydroxylation is 2. The number of nitrogens with zero attached hydrogens (tertiary/aromatic N) is 3. The lowest BCUT2D eigenvalue weighted by Crippen LogP contribution is -2.31. The van der Waals surface area contributed by atoms with Gasteiger partial charge in [-0.3, -0.25) is 9.78 Å². The average Bonchev–Trinajstić information content (AvgIpc) is 3.14. The normalized spacial score (nSPS) is 15.0. The van der Waals surface area contributed by atoms with Gasteiger partial charge in [0, 0.05) is 19.0 Å². The van der Waals surface area contributed by atoms with Crippen molar-refractivity contribution in [3.05, 3.63) is 53.9 Å². The monoisotopic (exact) mass is 352 g/mol. The Balaban J connectivity index is 1.37. The number of furan rings is 1. The van der Waals surface area contributed by atoms with Crippen LogP contribution >= 0.6 is 0 Å². The summed E-state index contributed by atoms with van der Waals surface area (Å²) in [7, 11) is 0. The molecule has 3 heterocycles. The fraction of sp³-hybridized carbons (Fsp3) is 0.368. The van der Waals surface area contributed by atoms with Gasteiger partial charge in [0.1, 0.15) is 0 Å². The number of carbonyl (C=O) groups excluding carboxylic acids is 1. The van der Waals surface area contributed by atoms with Crippen LogP contribution in [0.1, 0.15) is 42.5 Å². The number of rotatable bonds is 7. The molecule has 0 aromatic carbocycles. The summed E-state index contributed by atoms with van der Waals surface area (Å²) in [6.45, 7) is 2.03. The average molecular weight is 352 g/mol. The van der Waals surface area contributed by atoms with Crippen molar-refractivity contribution < 1.29 is 13.7 Å². The molecule has 0 bridgehead atoms. The number of hydrogen-bond acceptors (Lipinski definition) is 6. The Hall–Kier alpha value is -2.96. The van der Waals surface area contributed by atoms with Gasteiger partial charge in [-0.2, -0.15) is 4.98 Å². The van der Waals surface area contributed by atoms with E-state index in [1.165, 1.54) is 0 Å². The second-order valence-corrected chi connectivity index (χ2v) is 6.58. The maximum absolute atomic E-state index is 12.4. The molecule has 1 saturated carbocycles. The maximum Gasteiger partial charge on any atom is 0.238 e. The highest BCUT2D eigenvalue weighted by atomic mass is 16.5. The van der Waals surface area contributed by atoms with Crippen LogP contribution in [-0.4, -0.2) is 21.0 Å². The highest BCUT2D eigenvalue weighted by molar-refractivity contribution is 5.76. The number of hydrogen-bond donors (Lipinski definition) is 1. The van der Waals surface area contributed by atoms with Gasteiger partial charge in [-0.25, -0.2) is 0 Å². The minimum absolute atomic E-state index is 0.0231. The van der Waals surface area contributed by atoms with E-state index in [-0.39, 0.29) is 18.4 Å². The van der Waals surface area contributed by atoms with Crippen LogP contribution in [0.15, 0.2) is 45.7 Å². The lowest BCUT2D eigenvalue weighted by atomic mass is 10.0. The van der Waals surface area contributed by atoms with Crippen molar-refractivity contribution >= 4 is 5.91 Å². The molecular formula is C19H20N4O3. The molecule has 4 rings (SSSR count). The van der Waals surface area contributed by atoms with E-state index in [0.29, 0.717) is 29.8 Å². The summed E-state index contributed by atoms with van der Waals surface area (Å²) in [6, 6.07) is 7.44. The van der Waals surface area contributed by atoms with Crippen molar-refractivity contribution in [2.75, 3.05) is 0 Å². The molecule has 0 unspecified atom stereocenters. The second-order valence-electron chi connectivity index (χ2n) is 6.58. The van der Waals surface area contributed by atoms with Crippen molar-refractivity contribution in [1.29, 1.82) is 0 Å². The van der Waals surface area contributed by atoms with Gasteiger partial charge in [0.05, 0.1) is 18.0 Å². The summed E-state index contributed by atoms with van der Waals surface area (Å²) in [6.07, 6.45) is 6.25. The van der Waals surface area contributed by atoms with E-state index in [2.05, 4.69) is 20.4 Å². The van der Waals surface area contributed by atoms with E-state index in [1.807, 2.05) is 19.1 Å². The van der Waals surface area contributed by atoms with E-state index in [0.717, 1.165) is 24.1 Å². The predicted octanol–water partition coefficient (Wildman–Crippen LogP) is 3.23. The lowest BCUT2D eigenvalue weighted by molar-refractivity contribution is -0.122. The first-order valence-electron chi connectivity index (χ1n) is 8.78. The fourth-order valence-electron chi connectivity index (χ4n) is 2.99. The van der Waals surface area contributed by atoms with Gasteiger partial charge in [-0.05, 0) is 49.4 Å². The van der Waals surface area contributed by atoms with Crippen LogP contribution < -0.4 is 5.32 Å². The van der Waals surface area contributed by atoms with Crippen molar-refractivity contribution in [3.8, 4) is 11.6 Å². The van der Waals surface area contributed by atoms with Gasteiger partial charge in [-0.15, -0.1) is 0 Å². The van der Waals surface area contributed by atoms with Crippen LogP contribution in [0.2, 0.25) is 0 Å². The third-order valence-corrected chi connectivity index (χ3v) is 4.53. The van der Waals surface area contributed by atoms with Crippen LogP contribution in [-0.2, 0) is 11.2 Å². The Morgan fingerprint density at radius 2 is 2.23 bits per heavy atom. The van der Waals surface area contributed by atoms with Crippen molar-refractivity contribution in [2.45, 2.75) is 38.6 Å². The summed E-state index contributed by atoms with van der Waals surface area (Å²) in [5.41, 5.74) is 2.06. The topological polar surface area (TPSA) is 94.1 Å². The number of aromatic nitrogens is 3. The number of pyridine rings is 1. The van der Waals surface area contributed by atoms with Gasteiger partial charge in [0.2, 0.25) is 17.6 Å². The Labute approximate surface area is 150 Å². The Bertz CT molecular complexity index is 884. The zero-order valence-electron chi connectivity index (χ0n) is 14.5. The minimum Gasteiger partial charge on any atom is -0.461 e. The molecule has 7 heteroatoms. The van der Waals surface area contributed by atoms with Crippen LogP contribution in [0.5, 0.6) is 0 Å². The number of nitrogens with one attached hydrogen (secondary N) is 1. The van der Waals surface area contributed by atoms with Crippen LogP contribution in [0, 0.1) is 12.8 Å². The molecule has 3 aromatic rings. The molecule has 3 aromatic heterocycles. The molecule has 1 aliphatic rings. The fourth-order valence-corrected chi connectivity index (χ4v) is 2.99. The number of amides is 1. The van der Waals surface area contributed by atoms with E-state index in [9.17, 15) is 4.79 Å². The predicted molar refractivity (Wildman–Crippen MR) is 92.9 cm³/mol. The van der Waals surface area contributed by atoms with Gasteiger partial charge >= 0.3 is 0 Å². The Kier molecular flexibility index (Phi) is 4.51. The third kappa shape index (κ3) is 3.66. The van der Waals surface area contributed by atoms with Crippen LogP contribution in [0.4, 0.5) is 0 Å². The van der Waals surface area contributed by atoms with Crippen LogP contribution in [0.3, 0.4) is 0 Å². The SMILES string of the molecule is Cc1cccnc1[C@H](NC(=O)CCc1nc(-c2ccco2)no1)C1CC1. The Morgan fingerprint density at radius 3 is 2.96 bits per heavy atom. The molecule has 1 aliphatic carbocycles. The summed E-state index contributed by atoms with van der Waals surface area (Å²) < 4.78 is 10.4. The van der Waals surface area contributed by atoms with E-state index in [4.69, 9.17) is 8.94 Å². The summed E-state index contributed by atoms with van der Waals surface area (Å²) in [5, 5.41) is 7.00. The molecule has 0 saturated heterocycles.